The smallest absolute Gasteiger partial charge is 0.344 e. The van der Waals surface area contributed by atoms with E-state index >= 15 is 0 Å². The Morgan fingerprint density at radius 1 is 1.10 bits per heavy atom. The van der Waals surface area contributed by atoms with Gasteiger partial charge in [-0.15, -0.1) is 0 Å². The molecule has 5 aromatic rings. The number of carbonyl (C=O) groups is 1. The van der Waals surface area contributed by atoms with E-state index in [1.54, 1.807) is 44.2 Å². The highest BCUT2D eigenvalue weighted by molar-refractivity contribution is 9.10. The fourth-order valence-corrected chi connectivity index (χ4v) is 5.09. The van der Waals surface area contributed by atoms with E-state index in [4.69, 9.17) is 23.6 Å². The van der Waals surface area contributed by atoms with Crippen LogP contribution in [0, 0.1) is 0 Å². The summed E-state index contributed by atoms with van der Waals surface area (Å²) in [6.45, 7) is 5.45. The highest BCUT2D eigenvalue weighted by Gasteiger charge is 2.18. The molecule has 0 radical (unpaired) electrons. The Labute approximate surface area is 252 Å². The van der Waals surface area contributed by atoms with Crippen LogP contribution in [-0.2, 0) is 9.53 Å². The molecule has 0 N–H and O–H groups in total. The lowest BCUT2D eigenvalue weighted by Crippen LogP contribution is -2.20. The molecule has 0 aliphatic rings. The predicted molar refractivity (Wildman–Crippen MR) is 164 cm³/mol. The van der Waals surface area contributed by atoms with Crippen molar-refractivity contribution in [1.82, 2.24) is 9.66 Å². The highest BCUT2D eigenvalue weighted by Crippen LogP contribution is 2.37. The minimum Gasteiger partial charge on any atom is -0.490 e. The van der Waals surface area contributed by atoms with Crippen molar-refractivity contribution in [3.63, 3.8) is 0 Å². The van der Waals surface area contributed by atoms with Gasteiger partial charge in [0.05, 0.1) is 34.3 Å². The monoisotopic (exact) mass is 681 g/mol. The molecule has 0 saturated heterocycles. The molecule has 2 heterocycles. The Bertz CT molecular complexity index is 1840. The minimum atomic E-state index is -0.492. The molecule has 5 rings (SSSR count). The van der Waals surface area contributed by atoms with Crippen LogP contribution in [0.25, 0.3) is 33.5 Å². The first-order valence-electron chi connectivity index (χ1n) is 12.8. The van der Waals surface area contributed by atoms with E-state index in [1.807, 2.05) is 37.3 Å². The van der Waals surface area contributed by atoms with Crippen LogP contribution in [0.4, 0.5) is 0 Å². The van der Waals surface area contributed by atoms with Gasteiger partial charge in [-0.25, -0.2) is 9.78 Å². The van der Waals surface area contributed by atoms with Gasteiger partial charge in [-0.1, -0.05) is 28.1 Å². The number of aromatic nitrogens is 2. The molecule has 0 spiro atoms. The molecule has 0 atom stereocenters. The molecule has 3 aromatic carbocycles. The normalized spacial score (nSPS) is 11.6. The minimum absolute atomic E-state index is 0.251. The molecular weight excluding hydrogens is 658 g/mol. The number of hydrogen-bond donors (Lipinski definition) is 0. The van der Waals surface area contributed by atoms with Gasteiger partial charge in [-0.05, 0) is 90.8 Å². The Hall–Kier alpha value is -3.96. The van der Waals surface area contributed by atoms with Crippen molar-refractivity contribution in [3.05, 3.63) is 85.5 Å². The van der Waals surface area contributed by atoms with Crippen LogP contribution in [0.2, 0.25) is 0 Å². The Kier molecular flexibility index (Phi) is 8.55. The lowest BCUT2D eigenvalue weighted by Gasteiger charge is -2.15. The van der Waals surface area contributed by atoms with Crippen molar-refractivity contribution < 1.29 is 23.4 Å². The number of carbonyl (C=O) groups excluding carboxylic acids is 1. The summed E-state index contributed by atoms with van der Waals surface area (Å²) in [5, 5.41) is 5.79. The first kappa shape index (κ1) is 28.6. The number of halogens is 2. The molecule has 0 amide bonds. The number of fused-ring (bicyclic) bond motifs is 2. The summed E-state index contributed by atoms with van der Waals surface area (Å²) in [6, 6.07) is 18.0. The van der Waals surface area contributed by atoms with Crippen LogP contribution in [-0.4, -0.2) is 41.2 Å². The Balaban J connectivity index is 1.56. The summed E-state index contributed by atoms with van der Waals surface area (Å²) < 4.78 is 25.4. The van der Waals surface area contributed by atoms with Gasteiger partial charge in [0.1, 0.15) is 5.58 Å². The molecule has 0 aliphatic carbocycles. The molecule has 210 valence electrons. The zero-order chi connectivity index (χ0) is 29.1. The molecule has 2 aromatic heterocycles. The van der Waals surface area contributed by atoms with Crippen molar-refractivity contribution in [1.29, 1.82) is 0 Å². The second-order valence-electron chi connectivity index (χ2n) is 9.20. The molecule has 0 unspecified atom stereocenters. The maximum Gasteiger partial charge on any atom is 0.344 e. The van der Waals surface area contributed by atoms with E-state index in [1.165, 1.54) is 10.9 Å². The van der Waals surface area contributed by atoms with Crippen LogP contribution >= 0.6 is 31.9 Å². The summed E-state index contributed by atoms with van der Waals surface area (Å²) in [4.78, 5) is 30.3. The van der Waals surface area contributed by atoms with Crippen molar-refractivity contribution >= 4 is 65.9 Å². The highest BCUT2D eigenvalue weighted by atomic mass is 79.9. The second-order valence-corrected chi connectivity index (χ2v) is 11.0. The maximum absolute atomic E-state index is 13.6. The van der Waals surface area contributed by atoms with Crippen LogP contribution < -0.4 is 15.0 Å². The third-order valence-electron chi connectivity index (χ3n) is 5.81. The third kappa shape index (κ3) is 6.36. The zero-order valence-corrected chi connectivity index (χ0v) is 25.6. The number of para-hydroxylation sites is 1. The second kappa shape index (κ2) is 12.3. The summed E-state index contributed by atoms with van der Waals surface area (Å²) in [5.74, 6) is 0.904. The number of benzene rings is 3. The lowest BCUT2D eigenvalue weighted by atomic mass is 10.2. The summed E-state index contributed by atoms with van der Waals surface area (Å²) in [5.41, 5.74) is 1.44. The number of hydrogen-bond acceptors (Lipinski definition) is 8. The van der Waals surface area contributed by atoms with E-state index in [0.29, 0.717) is 50.4 Å². The number of nitrogens with zero attached hydrogens (tertiary/aromatic N) is 3. The number of furan rings is 1. The van der Waals surface area contributed by atoms with Gasteiger partial charge in [-0.3, -0.25) is 4.79 Å². The predicted octanol–water partition coefficient (Wildman–Crippen LogP) is 6.95. The van der Waals surface area contributed by atoms with Crippen molar-refractivity contribution in [2.75, 3.05) is 13.2 Å². The Morgan fingerprint density at radius 3 is 2.68 bits per heavy atom. The van der Waals surface area contributed by atoms with Gasteiger partial charge in [0.2, 0.25) is 5.82 Å². The van der Waals surface area contributed by atoms with Gasteiger partial charge in [0.15, 0.2) is 23.9 Å². The average molecular weight is 683 g/mol. The van der Waals surface area contributed by atoms with Crippen molar-refractivity contribution in [3.8, 4) is 23.1 Å². The fourth-order valence-electron chi connectivity index (χ4n) is 4.13. The van der Waals surface area contributed by atoms with E-state index in [-0.39, 0.29) is 24.1 Å². The van der Waals surface area contributed by atoms with Gasteiger partial charge in [0.25, 0.3) is 5.56 Å². The van der Waals surface area contributed by atoms with Gasteiger partial charge < -0.3 is 18.6 Å². The van der Waals surface area contributed by atoms with E-state index in [0.717, 1.165) is 9.86 Å². The Morgan fingerprint density at radius 2 is 1.90 bits per heavy atom. The van der Waals surface area contributed by atoms with Crippen molar-refractivity contribution in [2.45, 2.75) is 26.9 Å². The van der Waals surface area contributed by atoms with Crippen molar-refractivity contribution in [2.24, 2.45) is 5.10 Å². The standard InChI is InChI=1S/C30H25Br2N3O6/c1-4-38-25-12-18(11-22(32)28(25)39-16-27(36)40-17(2)3)15-33-35-29(34-23-8-6-5-7-21(23)30(35)37)26-14-19-13-20(31)9-10-24(19)41-26/h5-15,17H,4,16H2,1-3H3. The lowest BCUT2D eigenvalue weighted by molar-refractivity contribution is -0.149. The van der Waals surface area contributed by atoms with Crippen LogP contribution in [0.5, 0.6) is 11.5 Å². The largest absolute Gasteiger partial charge is 0.490 e. The van der Waals surface area contributed by atoms with E-state index in [9.17, 15) is 9.59 Å². The van der Waals surface area contributed by atoms with Crippen LogP contribution in [0.15, 0.2) is 83.9 Å². The average Bonchev–Trinajstić information content (AvgIpc) is 3.35. The summed E-state index contributed by atoms with van der Waals surface area (Å²) in [7, 11) is 0. The fraction of sp³-hybridized carbons (Fsp3) is 0.200. The zero-order valence-electron chi connectivity index (χ0n) is 22.4. The number of ether oxygens (including phenoxy) is 3. The van der Waals surface area contributed by atoms with E-state index < -0.39 is 5.97 Å². The number of esters is 1. The molecule has 0 saturated carbocycles. The number of rotatable bonds is 9. The molecular formula is C30H25Br2N3O6. The molecule has 11 heteroatoms. The summed E-state index contributed by atoms with van der Waals surface area (Å²) >= 11 is 6.98. The first-order valence-corrected chi connectivity index (χ1v) is 14.4. The van der Waals surface area contributed by atoms with E-state index in [2.05, 4.69) is 37.0 Å². The van der Waals surface area contributed by atoms with Gasteiger partial charge >= 0.3 is 5.97 Å². The van der Waals surface area contributed by atoms with Crippen LogP contribution in [0.1, 0.15) is 26.3 Å². The first-order chi connectivity index (χ1) is 19.7. The molecule has 0 bridgehead atoms. The third-order valence-corrected chi connectivity index (χ3v) is 6.89. The molecule has 0 aliphatic heterocycles. The van der Waals surface area contributed by atoms with Crippen LogP contribution in [0.3, 0.4) is 0 Å². The SMILES string of the molecule is CCOc1cc(C=Nn2c(-c3cc4cc(Br)ccc4o3)nc3ccccc3c2=O)cc(Br)c1OCC(=O)OC(C)C. The molecule has 9 nitrogen and oxygen atoms in total. The molecule has 0 fully saturated rings. The summed E-state index contributed by atoms with van der Waals surface area (Å²) in [6.07, 6.45) is 1.27. The molecule has 41 heavy (non-hydrogen) atoms. The van der Waals surface area contributed by atoms with Gasteiger partial charge in [0, 0.05) is 9.86 Å². The van der Waals surface area contributed by atoms with Gasteiger partial charge in [-0.2, -0.15) is 9.78 Å². The topological polar surface area (TPSA) is 105 Å². The quantitative estimate of drug-likeness (QED) is 0.122. The maximum atomic E-state index is 13.6.